The number of halogens is 4. The molecule has 0 aliphatic rings. The Bertz CT molecular complexity index is 1380. The summed E-state index contributed by atoms with van der Waals surface area (Å²) < 4.78 is 64.1. The Hall–Kier alpha value is -3.47. The van der Waals surface area contributed by atoms with Crippen molar-refractivity contribution in [2.75, 3.05) is 0 Å². The maximum Gasteiger partial charge on any atom is 0.419 e. The van der Waals surface area contributed by atoms with Crippen molar-refractivity contribution < 1.29 is 36.6 Å². The lowest BCUT2D eigenvalue weighted by atomic mass is 10.1. The van der Waals surface area contributed by atoms with Gasteiger partial charge in [-0.1, -0.05) is 12.1 Å². The lowest BCUT2D eigenvalue weighted by molar-refractivity contribution is -0.140. The van der Waals surface area contributed by atoms with Crippen molar-refractivity contribution in [2.24, 2.45) is 0 Å². The number of ether oxygens (including phenoxy) is 1. The summed E-state index contributed by atoms with van der Waals surface area (Å²) in [6.07, 6.45) is -4.74. The first-order valence-electron chi connectivity index (χ1n) is 10.1. The molecule has 0 fully saturated rings. The molecule has 0 amide bonds. The monoisotopic (exact) mass is 494 g/mol. The van der Waals surface area contributed by atoms with E-state index < -0.39 is 23.5 Å². The van der Waals surface area contributed by atoms with Gasteiger partial charge in [0, 0.05) is 12.0 Å². The molecular weight excluding hydrogens is 476 g/mol. The van der Waals surface area contributed by atoms with Crippen LogP contribution in [0.4, 0.5) is 17.6 Å². The highest BCUT2D eigenvalue weighted by atomic mass is 32.1. The number of hydrogen-bond donors (Lipinski definition) is 1. The minimum atomic E-state index is -4.77. The maximum atomic E-state index is 14.0. The van der Waals surface area contributed by atoms with Gasteiger partial charge in [-0.2, -0.15) is 13.2 Å². The number of oxazole rings is 1. The number of alkyl halides is 3. The molecule has 0 saturated carbocycles. The first-order valence-corrected chi connectivity index (χ1v) is 10.9. The second kappa shape index (κ2) is 9.05. The zero-order chi connectivity index (χ0) is 24.6. The highest BCUT2D eigenvalue weighted by molar-refractivity contribution is 7.15. The van der Waals surface area contributed by atoms with E-state index >= 15 is 0 Å². The van der Waals surface area contributed by atoms with Crippen LogP contribution in [0.25, 0.3) is 21.7 Å². The highest BCUT2D eigenvalue weighted by Crippen LogP contribution is 2.36. The third-order valence-electron chi connectivity index (χ3n) is 5.08. The lowest BCUT2D eigenvalue weighted by Gasteiger charge is -2.08. The van der Waals surface area contributed by atoms with E-state index in [2.05, 4.69) is 9.97 Å². The molecule has 2 heterocycles. The number of benzene rings is 2. The van der Waals surface area contributed by atoms with E-state index in [1.54, 1.807) is 19.1 Å². The van der Waals surface area contributed by atoms with E-state index in [9.17, 15) is 22.4 Å². The van der Waals surface area contributed by atoms with Crippen LogP contribution in [0.15, 0.2) is 34.7 Å². The first-order chi connectivity index (χ1) is 16.0. The number of aromatic nitrogens is 2. The van der Waals surface area contributed by atoms with E-state index in [0.717, 1.165) is 11.6 Å². The second-order valence-corrected chi connectivity index (χ2v) is 8.65. The molecule has 4 rings (SSSR count). The predicted octanol–water partition coefficient (Wildman–Crippen LogP) is 6.32. The third-order valence-corrected chi connectivity index (χ3v) is 6.26. The van der Waals surface area contributed by atoms with Gasteiger partial charge in [0.25, 0.3) is 0 Å². The van der Waals surface area contributed by atoms with Crippen molar-refractivity contribution in [3.05, 3.63) is 63.7 Å². The van der Waals surface area contributed by atoms with Crippen LogP contribution in [0, 0.1) is 19.7 Å². The van der Waals surface area contributed by atoms with Crippen LogP contribution >= 0.6 is 11.3 Å². The van der Waals surface area contributed by atoms with Crippen molar-refractivity contribution >= 4 is 28.4 Å². The fourth-order valence-corrected chi connectivity index (χ4v) is 4.27. The summed E-state index contributed by atoms with van der Waals surface area (Å²) in [5, 5.41) is 9.24. The summed E-state index contributed by atoms with van der Waals surface area (Å²) in [7, 11) is 0. The number of aliphatic carboxylic acids is 1. The molecule has 4 aromatic rings. The van der Waals surface area contributed by atoms with Crippen LogP contribution in [0.2, 0.25) is 0 Å². The van der Waals surface area contributed by atoms with Gasteiger partial charge in [-0.25, -0.2) is 14.4 Å². The molecule has 11 heteroatoms. The molecule has 1 N–H and O–H groups in total. The Morgan fingerprint density at radius 3 is 2.62 bits per heavy atom. The van der Waals surface area contributed by atoms with Gasteiger partial charge in [-0.05, 0) is 37.6 Å². The van der Waals surface area contributed by atoms with E-state index in [-0.39, 0.29) is 30.9 Å². The minimum absolute atomic E-state index is 0.0932. The minimum Gasteiger partial charge on any atom is -0.484 e. The number of carboxylic acids is 1. The molecule has 178 valence electrons. The molecule has 0 bridgehead atoms. The number of carbonyl (C=O) groups is 1. The standard InChI is InChI=1S/C23H18F4N2O4S/c1-11-3-6-16(21-20(11)29-18(33-21)7-8-19(30)31)32-10-17-12(2)28-22(34-17)13-4-5-14(15(24)9-13)23(25,26)27/h3-6,9H,7-8,10H2,1-2H3,(H,30,31). The van der Waals surface area contributed by atoms with Gasteiger partial charge in [-0.3, -0.25) is 4.79 Å². The van der Waals surface area contributed by atoms with E-state index in [1.165, 1.54) is 17.4 Å². The summed E-state index contributed by atoms with van der Waals surface area (Å²) >= 11 is 1.18. The van der Waals surface area contributed by atoms with Crippen LogP contribution in [-0.2, 0) is 24.0 Å². The van der Waals surface area contributed by atoms with E-state index in [1.807, 2.05) is 6.92 Å². The lowest BCUT2D eigenvalue weighted by Crippen LogP contribution is -2.07. The predicted molar refractivity (Wildman–Crippen MR) is 116 cm³/mol. The normalized spacial score (nSPS) is 11.8. The molecule has 0 atom stereocenters. The zero-order valence-corrected chi connectivity index (χ0v) is 18.8. The van der Waals surface area contributed by atoms with E-state index in [4.69, 9.17) is 14.3 Å². The molecule has 0 aliphatic carbocycles. The van der Waals surface area contributed by atoms with Crippen molar-refractivity contribution in [3.63, 3.8) is 0 Å². The summed E-state index contributed by atoms with van der Waals surface area (Å²) in [4.78, 5) is 20.2. The molecular formula is C23H18F4N2O4S. The van der Waals surface area contributed by atoms with Crippen LogP contribution in [0.5, 0.6) is 5.75 Å². The molecule has 0 saturated heterocycles. The Morgan fingerprint density at radius 2 is 1.94 bits per heavy atom. The molecule has 0 radical (unpaired) electrons. The van der Waals surface area contributed by atoms with Gasteiger partial charge in [0.1, 0.15) is 22.9 Å². The number of carboxylic acid groups (broad SMARTS) is 1. The van der Waals surface area contributed by atoms with Gasteiger partial charge in [0.05, 0.1) is 22.6 Å². The fraction of sp³-hybridized carbons (Fsp3) is 0.261. The fourth-order valence-electron chi connectivity index (χ4n) is 3.30. The van der Waals surface area contributed by atoms with Crippen molar-refractivity contribution in [3.8, 4) is 16.3 Å². The average molecular weight is 494 g/mol. The Balaban J connectivity index is 1.55. The molecule has 2 aromatic carbocycles. The number of hydrogen-bond acceptors (Lipinski definition) is 6. The number of fused-ring (bicyclic) bond motifs is 1. The van der Waals surface area contributed by atoms with Gasteiger partial charge >= 0.3 is 12.1 Å². The van der Waals surface area contributed by atoms with Crippen molar-refractivity contribution in [1.29, 1.82) is 0 Å². The second-order valence-electron chi connectivity index (χ2n) is 7.57. The molecule has 34 heavy (non-hydrogen) atoms. The Morgan fingerprint density at radius 1 is 1.18 bits per heavy atom. The van der Waals surface area contributed by atoms with Crippen LogP contribution < -0.4 is 4.74 Å². The topological polar surface area (TPSA) is 85.5 Å². The average Bonchev–Trinajstić information content (AvgIpc) is 3.35. The maximum absolute atomic E-state index is 14.0. The number of thiazole rings is 1. The molecule has 6 nitrogen and oxygen atoms in total. The van der Waals surface area contributed by atoms with Gasteiger partial charge in [0.15, 0.2) is 17.2 Å². The molecule has 0 unspecified atom stereocenters. The summed E-state index contributed by atoms with van der Waals surface area (Å²) in [6.45, 7) is 3.66. The van der Waals surface area contributed by atoms with Crippen LogP contribution in [-0.4, -0.2) is 21.0 Å². The Kier molecular flexibility index (Phi) is 6.30. The van der Waals surface area contributed by atoms with Gasteiger partial charge < -0.3 is 14.3 Å². The summed E-state index contributed by atoms with van der Waals surface area (Å²) in [5.74, 6) is -1.62. The first kappa shape index (κ1) is 23.7. The molecule has 2 aromatic heterocycles. The number of aryl methyl sites for hydroxylation is 3. The Labute approximate surface area is 194 Å². The SMILES string of the molecule is Cc1nc(-c2ccc(C(F)(F)F)c(F)c2)sc1COc1ccc(C)c2nc(CCC(=O)O)oc12. The molecule has 0 spiro atoms. The number of rotatable bonds is 7. The van der Waals surface area contributed by atoms with Crippen molar-refractivity contribution in [2.45, 2.75) is 39.5 Å². The van der Waals surface area contributed by atoms with Crippen LogP contribution in [0.3, 0.4) is 0 Å². The quantitative estimate of drug-likeness (QED) is 0.303. The smallest absolute Gasteiger partial charge is 0.419 e. The largest absolute Gasteiger partial charge is 0.484 e. The zero-order valence-electron chi connectivity index (χ0n) is 18.0. The van der Waals surface area contributed by atoms with Crippen molar-refractivity contribution in [1.82, 2.24) is 9.97 Å². The summed E-state index contributed by atoms with van der Waals surface area (Å²) in [5.41, 5.74) is 1.32. The van der Waals surface area contributed by atoms with E-state index in [0.29, 0.717) is 38.5 Å². The highest BCUT2D eigenvalue weighted by Gasteiger charge is 2.34. The number of nitrogens with zero attached hydrogens (tertiary/aromatic N) is 2. The van der Waals surface area contributed by atoms with Gasteiger partial charge in [-0.15, -0.1) is 11.3 Å². The molecule has 0 aliphatic heterocycles. The summed E-state index contributed by atoms with van der Waals surface area (Å²) in [6, 6.07) is 6.23. The third kappa shape index (κ3) is 4.89. The van der Waals surface area contributed by atoms with Gasteiger partial charge in [0.2, 0.25) is 0 Å². The van der Waals surface area contributed by atoms with Crippen LogP contribution in [0.1, 0.15) is 34.0 Å².